The van der Waals surface area contributed by atoms with E-state index in [9.17, 15) is 0 Å². The zero-order chi connectivity index (χ0) is 45.4. The van der Waals surface area contributed by atoms with Gasteiger partial charge in [-0.2, -0.15) is 0 Å². The molecular weight excluding hydrogens is 839 g/mol. The summed E-state index contributed by atoms with van der Waals surface area (Å²) < 4.78 is 7.17. The summed E-state index contributed by atoms with van der Waals surface area (Å²) in [6.45, 7) is 0. The molecule has 0 N–H and O–H groups in total. The van der Waals surface area contributed by atoms with Crippen molar-refractivity contribution in [3.63, 3.8) is 0 Å². The molecular formula is C64H41N5. The van der Waals surface area contributed by atoms with Gasteiger partial charge >= 0.3 is 0 Å². The molecule has 69 heavy (non-hydrogen) atoms. The van der Waals surface area contributed by atoms with Gasteiger partial charge in [-0.25, -0.2) is 0 Å². The molecule has 0 unspecified atom stereocenters. The lowest BCUT2D eigenvalue weighted by atomic mass is 9.98. The summed E-state index contributed by atoms with van der Waals surface area (Å²) in [5.41, 5.74) is 19.2. The molecule has 0 aliphatic rings. The maximum absolute atomic E-state index is 4.71. The van der Waals surface area contributed by atoms with E-state index in [1.807, 2.05) is 24.5 Å². The molecule has 0 bridgehead atoms. The Labute approximate surface area is 398 Å². The largest absolute Gasteiger partial charge is 0.309 e. The van der Waals surface area contributed by atoms with E-state index in [4.69, 9.17) is 9.97 Å². The fraction of sp³-hybridized carbons (Fsp3) is 0. The van der Waals surface area contributed by atoms with Gasteiger partial charge in [0.15, 0.2) is 0 Å². The van der Waals surface area contributed by atoms with Crippen LogP contribution in [0, 0.1) is 0 Å². The lowest BCUT2D eigenvalue weighted by Gasteiger charge is -2.09. The summed E-state index contributed by atoms with van der Waals surface area (Å²) in [5.74, 6) is 0. The molecule has 0 spiro atoms. The van der Waals surface area contributed by atoms with Gasteiger partial charge in [0.1, 0.15) is 0 Å². The van der Waals surface area contributed by atoms with Crippen LogP contribution < -0.4 is 0 Å². The predicted molar refractivity (Wildman–Crippen MR) is 287 cm³/mol. The minimum atomic E-state index is 0.962. The number of hydrogen-bond acceptors (Lipinski definition) is 2. The van der Waals surface area contributed by atoms with Gasteiger partial charge in [0.05, 0.1) is 44.5 Å². The highest BCUT2D eigenvalue weighted by Gasteiger charge is 2.19. The number of rotatable bonds is 7. The Morgan fingerprint density at radius 1 is 0.217 bits per heavy atom. The molecule has 5 aromatic heterocycles. The van der Waals surface area contributed by atoms with Gasteiger partial charge < -0.3 is 13.7 Å². The highest BCUT2D eigenvalue weighted by atomic mass is 15.0. The van der Waals surface area contributed by atoms with Crippen LogP contribution >= 0.6 is 0 Å². The number of fused-ring (bicyclic) bond motifs is 9. The lowest BCUT2D eigenvalue weighted by molar-refractivity contribution is 1.18. The van der Waals surface area contributed by atoms with Crippen LogP contribution in [0.1, 0.15) is 0 Å². The molecule has 0 fully saturated rings. The zero-order valence-electron chi connectivity index (χ0n) is 37.4. The van der Waals surface area contributed by atoms with Crippen LogP contribution in [0.3, 0.4) is 0 Å². The van der Waals surface area contributed by atoms with Crippen LogP contribution in [0.25, 0.3) is 127 Å². The molecule has 0 radical (unpaired) electrons. The summed E-state index contributed by atoms with van der Waals surface area (Å²) >= 11 is 0. The molecule has 5 heterocycles. The fourth-order valence-electron chi connectivity index (χ4n) is 10.7. The molecule has 0 saturated carbocycles. The normalized spacial score (nSPS) is 11.8. The standard InChI is InChI=1S/C64H41N5/c1-4-14-48(15-5-1)67-59-28-22-42(44-24-30-61-53(38-44)55-40-46(57-20-10-12-34-65-57)26-32-63(55)68(61)49-16-6-2-7-17-49)36-51(59)52-37-43(23-29-60(52)67)45-25-31-62-54(39-45)56-41-47(58-21-11-13-35-66-58)27-33-64(56)69(62)50-18-8-3-9-19-50/h1-41H. The third kappa shape index (κ3) is 6.32. The molecule has 0 saturated heterocycles. The first-order chi connectivity index (χ1) is 34.2. The smallest absolute Gasteiger partial charge is 0.0702 e. The quantitative estimate of drug-likeness (QED) is 0.160. The molecule has 0 atom stereocenters. The van der Waals surface area contributed by atoms with E-state index in [1.54, 1.807) is 0 Å². The van der Waals surface area contributed by atoms with Crippen molar-refractivity contribution >= 4 is 65.4 Å². The summed E-state index contributed by atoms with van der Waals surface area (Å²) in [7, 11) is 0. The van der Waals surface area contributed by atoms with E-state index in [0.29, 0.717) is 0 Å². The average molecular weight is 880 g/mol. The van der Waals surface area contributed by atoms with E-state index >= 15 is 0 Å². The maximum Gasteiger partial charge on any atom is 0.0702 e. The number of aromatic nitrogens is 5. The van der Waals surface area contributed by atoms with Crippen LogP contribution in [-0.2, 0) is 0 Å². The molecule has 5 nitrogen and oxygen atoms in total. The first-order valence-electron chi connectivity index (χ1n) is 23.5. The van der Waals surface area contributed by atoms with E-state index in [0.717, 1.165) is 39.6 Å². The van der Waals surface area contributed by atoms with Crippen LogP contribution in [0.2, 0.25) is 0 Å². The van der Waals surface area contributed by atoms with E-state index in [2.05, 4.69) is 238 Å². The number of nitrogens with zero attached hydrogens (tertiary/aromatic N) is 5. The Kier molecular flexibility index (Phi) is 8.83. The van der Waals surface area contributed by atoms with E-state index < -0.39 is 0 Å². The topological polar surface area (TPSA) is 40.6 Å². The minimum absolute atomic E-state index is 0.962. The third-order valence-electron chi connectivity index (χ3n) is 13.9. The van der Waals surface area contributed by atoms with Gasteiger partial charge in [-0.15, -0.1) is 0 Å². The Bertz CT molecular complexity index is 4010. The second-order valence-electron chi connectivity index (χ2n) is 17.8. The maximum atomic E-state index is 4.71. The molecule has 14 rings (SSSR count). The van der Waals surface area contributed by atoms with Gasteiger partial charge in [-0.1, -0.05) is 103 Å². The van der Waals surface area contributed by atoms with Crippen LogP contribution in [0.15, 0.2) is 249 Å². The summed E-state index contributed by atoms with van der Waals surface area (Å²) in [5, 5.41) is 7.21. The second-order valence-corrected chi connectivity index (χ2v) is 17.8. The number of para-hydroxylation sites is 3. The Morgan fingerprint density at radius 2 is 0.464 bits per heavy atom. The Hall–Kier alpha value is -9.32. The third-order valence-corrected chi connectivity index (χ3v) is 13.9. The summed E-state index contributed by atoms with van der Waals surface area (Å²) in [4.78, 5) is 9.42. The molecule has 0 amide bonds. The van der Waals surface area contributed by atoms with Crippen molar-refractivity contribution in [1.29, 1.82) is 0 Å². The van der Waals surface area contributed by atoms with Crippen molar-refractivity contribution in [2.45, 2.75) is 0 Å². The van der Waals surface area contributed by atoms with Crippen molar-refractivity contribution in [3.05, 3.63) is 249 Å². The van der Waals surface area contributed by atoms with Crippen LogP contribution in [0.5, 0.6) is 0 Å². The van der Waals surface area contributed by atoms with Crippen molar-refractivity contribution in [2.24, 2.45) is 0 Å². The Balaban J connectivity index is 0.956. The molecule has 9 aromatic carbocycles. The van der Waals surface area contributed by atoms with Gasteiger partial charge in [0, 0.05) is 72.9 Å². The van der Waals surface area contributed by atoms with E-state index in [1.165, 1.54) is 87.7 Å². The minimum Gasteiger partial charge on any atom is -0.309 e. The fourth-order valence-corrected chi connectivity index (χ4v) is 10.7. The average Bonchev–Trinajstić information content (AvgIpc) is 4.06. The molecule has 0 aliphatic carbocycles. The Morgan fingerprint density at radius 3 is 0.725 bits per heavy atom. The summed E-state index contributed by atoms with van der Waals surface area (Å²) in [6, 6.07) is 85.6. The van der Waals surface area contributed by atoms with Crippen molar-refractivity contribution < 1.29 is 0 Å². The molecule has 0 aliphatic heterocycles. The predicted octanol–water partition coefficient (Wildman–Crippen LogP) is 16.4. The highest BCUT2D eigenvalue weighted by Crippen LogP contribution is 2.42. The number of pyridine rings is 2. The van der Waals surface area contributed by atoms with Gasteiger partial charge in [0.25, 0.3) is 0 Å². The number of benzene rings is 9. The first kappa shape index (κ1) is 38.9. The zero-order valence-corrected chi connectivity index (χ0v) is 37.4. The molecule has 5 heteroatoms. The van der Waals surface area contributed by atoms with Gasteiger partial charge in [-0.05, 0) is 156 Å². The molecule has 322 valence electrons. The first-order valence-corrected chi connectivity index (χ1v) is 23.5. The molecule has 14 aromatic rings. The second kappa shape index (κ2) is 15.7. The SMILES string of the molecule is c1ccc(-n2c3ccc(-c4ccc5c(c4)c4cc(-c6ccccn6)ccc4n5-c4ccccc4)cc3c3cc(-c4ccc5c(c4)c4cc(-c6ccccn6)ccc4n5-c4ccccc4)ccc32)cc1. The van der Waals surface area contributed by atoms with Crippen molar-refractivity contribution in [2.75, 3.05) is 0 Å². The highest BCUT2D eigenvalue weighted by molar-refractivity contribution is 6.15. The van der Waals surface area contributed by atoms with Crippen LogP contribution in [-0.4, -0.2) is 23.7 Å². The van der Waals surface area contributed by atoms with Gasteiger partial charge in [-0.3, -0.25) is 9.97 Å². The van der Waals surface area contributed by atoms with E-state index in [-0.39, 0.29) is 0 Å². The van der Waals surface area contributed by atoms with Crippen LogP contribution in [0.4, 0.5) is 0 Å². The lowest BCUT2D eigenvalue weighted by Crippen LogP contribution is -1.93. The number of hydrogen-bond donors (Lipinski definition) is 0. The monoisotopic (exact) mass is 879 g/mol. The van der Waals surface area contributed by atoms with Crippen molar-refractivity contribution in [3.8, 4) is 61.8 Å². The summed E-state index contributed by atoms with van der Waals surface area (Å²) in [6.07, 6.45) is 3.73. The van der Waals surface area contributed by atoms with Crippen molar-refractivity contribution in [1.82, 2.24) is 23.7 Å². The van der Waals surface area contributed by atoms with Gasteiger partial charge in [0.2, 0.25) is 0 Å².